The molecule has 1 amide bonds. The fourth-order valence-corrected chi connectivity index (χ4v) is 2.76. The molecule has 6 heteroatoms. The second-order valence-corrected chi connectivity index (χ2v) is 6.12. The van der Waals surface area contributed by atoms with E-state index in [1.165, 1.54) is 0 Å². The molecule has 0 aliphatic rings. The van der Waals surface area contributed by atoms with Crippen LogP contribution >= 0.6 is 0 Å². The van der Waals surface area contributed by atoms with E-state index in [1.807, 2.05) is 37.3 Å². The minimum Gasteiger partial charge on any atom is -0.481 e. The fraction of sp³-hybridized carbons (Fsp3) is 0.263. The van der Waals surface area contributed by atoms with Gasteiger partial charge in [-0.3, -0.25) is 13.9 Å². The van der Waals surface area contributed by atoms with Crippen LogP contribution in [-0.2, 0) is 18.9 Å². The van der Waals surface area contributed by atoms with Crippen molar-refractivity contribution in [3.63, 3.8) is 0 Å². The van der Waals surface area contributed by atoms with Crippen LogP contribution in [0.15, 0.2) is 47.3 Å². The smallest absolute Gasteiger partial charge is 0.328 e. The zero-order valence-corrected chi connectivity index (χ0v) is 14.7. The summed E-state index contributed by atoms with van der Waals surface area (Å²) >= 11 is 0. The van der Waals surface area contributed by atoms with Gasteiger partial charge < -0.3 is 10.1 Å². The van der Waals surface area contributed by atoms with Crippen LogP contribution in [0.4, 0.5) is 5.69 Å². The summed E-state index contributed by atoms with van der Waals surface area (Å²) in [7, 11) is 3.43. The average Bonchev–Trinajstić information content (AvgIpc) is 2.81. The van der Waals surface area contributed by atoms with E-state index >= 15 is 0 Å². The number of imidazole rings is 1. The molecule has 3 rings (SSSR count). The SMILES string of the molecule is Cc1ccccc1OC(C)C(=O)Nc1ccc2c(c1)n(C)c(=O)n2C. The number of carbonyl (C=O) groups is 1. The number of benzene rings is 2. The van der Waals surface area contributed by atoms with E-state index in [4.69, 9.17) is 4.74 Å². The van der Waals surface area contributed by atoms with Gasteiger partial charge in [-0.2, -0.15) is 0 Å². The highest BCUT2D eigenvalue weighted by atomic mass is 16.5. The minimum atomic E-state index is -0.642. The molecule has 2 aromatic carbocycles. The summed E-state index contributed by atoms with van der Waals surface area (Å²) in [5.74, 6) is 0.439. The summed E-state index contributed by atoms with van der Waals surface area (Å²) < 4.78 is 8.87. The molecule has 6 nitrogen and oxygen atoms in total. The van der Waals surface area contributed by atoms with Crippen molar-refractivity contribution in [2.24, 2.45) is 14.1 Å². The zero-order chi connectivity index (χ0) is 18.1. The molecule has 0 spiro atoms. The van der Waals surface area contributed by atoms with E-state index in [2.05, 4.69) is 5.32 Å². The van der Waals surface area contributed by atoms with E-state index in [9.17, 15) is 9.59 Å². The molecule has 1 aromatic heterocycles. The average molecular weight is 339 g/mol. The lowest BCUT2D eigenvalue weighted by molar-refractivity contribution is -0.122. The van der Waals surface area contributed by atoms with Crippen LogP contribution in [0.2, 0.25) is 0 Å². The Balaban J connectivity index is 1.78. The van der Waals surface area contributed by atoms with Crippen molar-refractivity contribution in [2.75, 3.05) is 5.32 Å². The van der Waals surface area contributed by atoms with Crippen molar-refractivity contribution in [1.82, 2.24) is 9.13 Å². The van der Waals surface area contributed by atoms with E-state index < -0.39 is 6.10 Å². The number of hydrogen-bond acceptors (Lipinski definition) is 3. The maximum Gasteiger partial charge on any atom is 0.328 e. The van der Waals surface area contributed by atoms with Gasteiger partial charge in [-0.15, -0.1) is 0 Å². The fourth-order valence-electron chi connectivity index (χ4n) is 2.76. The van der Waals surface area contributed by atoms with Crippen molar-refractivity contribution < 1.29 is 9.53 Å². The van der Waals surface area contributed by atoms with Gasteiger partial charge in [0.15, 0.2) is 6.10 Å². The van der Waals surface area contributed by atoms with Crippen molar-refractivity contribution in [3.8, 4) is 5.75 Å². The molecule has 130 valence electrons. The number of ether oxygens (including phenoxy) is 1. The van der Waals surface area contributed by atoms with E-state index in [0.29, 0.717) is 11.4 Å². The first-order valence-electron chi connectivity index (χ1n) is 8.07. The first kappa shape index (κ1) is 16.8. The second kappa shape index (κ2) is 6.47. The molecule has 25 heavy (non-hydrogen) atoms. The molecule has 1 atom stereocenters. The summed E-state index contributed by atoms with van der Waals surface area (Å²) in [6, 6.07) is 13.0. The third-order valence-electron chi connectivity index (χ3n) is 4.31. The first-order chi connectivity index (χ1) is 11.9. The number of nitrogens with one attached hydrogen (secondary N) is 1. The van der Waals surface area contributed by atoms with Crippen LogP contribution < -0.4 is 15.7 Å². The number of aryl methyl sites for hydroxylation is 3. The molecule has 0 aliphatic heterocycles. The minimum absolute atomic E-state index is 0.102. The van der Waals surface area contributed by atoms with Gasteiger partial charge in [0.25, 0.3) is 5.91 Å². The molecule has 3 aromatic rings. The Morgan fingerprint density at radius 3 is 2.48 bits per heavy atom. The van der Waals surface area contributed by atoms with Crippen LogP contribution in [0.25, 0.3) is 11.0 Å². The van der Waals surface area contributed by atoms with E-state index in [0.717, 1.165) is 16.6 Å². The molecule has 0 aliphatic carbocycles. The highest BCUT2D eigenvalue weighted by Crippen LogP contribution is 2.20. The Morgan fingerprint density at radius 2 is 1.76 bits per heavy atom. The molecule has 0 radical (unpaired) electrons. The van der Waals surface area contributed by atoms with Crippen molar-refractivity contribution in [3.05, 3.63) is 58.5 Å². The Hall–Kier alpha value is -3.02. The van der Waals surface area contributed by atoms with Crippen LogP contribution in [0.5, 0.6) is 5.75 Å². The van der Waals surface area contributed by atoms with Crippen LogP contribution in [0.1, 0.15) is 12.5 Å². The van der Waals surface area contributed by atoms with Gasteiger partial charge in [0.2, 0.25) is 0 Å². The molecule has 0 bridgehead atoms. The van der Waals surface area contributed by atoms with Crippen molar-refractivity contribution in [2.45, 2.75) is 20.0 Å². The van der Waals surface area contributed by atoms with E-state index in [1.54, 1.807) is 42.3 Å². The summed E-state index contributed by atoms with van der Waals surface area (Å²) in [5.41, 5.74) is 3.07. The molecular weight excluding hydrogens is 318 g/mol. The molecule has 0 saturated carbocycles. The molecule has 1 unspecified atom stereocenters. The van der Waals surface area contributed by atoms with Gasteiger partial charge in [0.05, 0.1) is 11.0 Å². The lowest BCUT2D eigenvalue weighted by atomic mass is 10.2. The Bertz CT molecular complexity index is 1000. The van der Waals surface area contributed by atoms with Gasteiger partial charge in [-0.05, 0) is 43.7 Å². The second-order valence-electron chi connectivity index (χ2n) is 6.12. The third-order valence-corrected chi connectivity index (χ3v) is 4.31. The number of fused-ring (bicyclic) bond motifs is 1. The first-order valence-corrected chi connectivity index (χ1v) is 8.07. The normalized spacial score (nSPS) is 12.2. The number of aromatic nitrogens is 2. The summed E-state index contributed by atoms with van der Waals surface area (Å²) in [4.78, 5) is 24.4. The molecule has 1 N–H and O–H groups in total. The van der Waals surface area contributed by atoms with E-state index in [-0.39, 0.29) is 11.6 Å². The number of hydrogen-bond donors (Lipinski definition) is 1. The van der Waals surface area contributed by atoms with Gasteiger partial charge in [-0.25, -0.2) is 4.79 Å². The van der Waals surface area contributed by atoms with Gasteiger partial charge >= 0.3 is 5.69 Å². The molecular formula is C19H21N3O3. The molecule has 0 saturated heterocycles. The van der Waals surface area contributed by atoms with Crippen LogP contribution in [0, 0.1) is 6.92 Å². The lowest BCUT2D eigenvalue weighted by Crippen LogP contribution is -2.30. The number of carbonyl (C=O) groups excluding carboxylic acids is 1. The predicted molar refractivity (Wildman–Crippen MR) is 98.1 cm³/mol. The quantitative estimate of drug-likeness (QED) is 0.794. The van der Waals surface area contributed by atoms with Crippen molar-refractivity contribution in [1.29, 1.82) is 0 Å². The molecule has 1 heterocycles. The van der Waals surface area contributed by atoms with Gasteiger partial charge in [0.1, 0.15) is 5.75 Å². The topological polar surface area (TPSA) is 65.3 Å². The summed E-state index contributed by atoms with van der Waals surface area (Å²) in [5, 5.41) is 2.84. The number of anilines is 1. The Morgan fingerprint density at radius 1 is 1.08 bits per heavy atom. The monoisotopic (exact) mass is 339 g/mol. The number of rotatable bonds is 4. The molecule has 0 fully saturated rings. The maximum absolute atomic E-state index is 12.4. The number of amides is 1. The highest BCUT2D eigenvalue weighted by Gasteiger charge is 2.16. The van der Waals surface area contributed by atoms with Crippen LogP contribution in [-0.4, -0.2) is 21.1 Å². The van der Waals surface area contributed by atoms with Crippen molar-refractivity contribution >= 4 is 22.6 Å². The Kier molecular flexibility index (Phi) is 4.35. The third kappa shape index (κ3) is 3.15. The number of para-hydroxylation sites is 1. The Labute approximate surface area is 145 Å². The zero-order valence-electron chi connectivity index (χ0n) is 14.7. The summed E-state index contributed by atoms with van der Waals surface area (Å²) in [6.07, 6.45) is -0.642. The number of nitrogens with zero attached hydrogens (tertiary/aromatic N) is 2. The van der Waals surface area contributed by atoms with Gasteiger partial charge in [0, 0.05) is 19.8 Å². The van der Waals surface area contributed by atoms with Gasteiger partial charge in [-0.1, -0.05) is 18.2 Å². The lowest BCUT2D eigenvalue weighted by Gasteiger charge is -2.16. The standard InChI is InChI=1S/C19H21N3O3/c1-12-7-5-6-8-17(12)25-13(2)18(23)20-14-9-10-15-16(11-14)22(4)19(24)21(15)3/h5-11,13H,1-4H3,(H,20,23). The summed E-state index contributed by atoms with van der Waals surface area (Å²) in [6.45, 7) is 3.64. The van der Waals surface area contributed by atoms with Crippen LogP contribution in [0.3, 0.4) is 0 Å². The maximum atomic E-state index is 12.4. The highest BCUT2D eigenvalue weighted by molar-refractivity contribution is 5.95. The largest absolute Gasteiger partial charge is 0.481 e. The predicted octanol–water partition coefficient (Wildman–Crippen LogP) is 2.59.